The van der Waals surface area contributed by atoms with Crippen molar-refractivity contribution in [2.75, 3.05) is 32.0 Å². The Balaban J connectivity index is 1.70. The van der Waals surface area contributed by atoms with E-state index in [-0.39, 0.29) is 11.7 Å². The predicted octanol–water partition coefficient (Wildman–Crippen LogP) is 4.37. The smallest absolute Gasteiger partial charge is 0.256 e. The molecule has 3 aromatic rings. The highest BCUT2D eigenvalue weighted by Crippen LogP contribution is 2.28. The van der Waals surface area contributed by atoms with E-state index in [0.29, 0.717) is 11.4 Å². The summed E-state index contributed by atoms with van der Waals surface area (Å²) in [5.41, 5.74) is 4.55. The summed E-state index contributed by atoms with van der Waals surface area (Å²) in [6, 6.07) is 13.5. The number of rotatable bonds is 4. The van der Waals surface area contributed by atoms with E-state index in [0.717, 1.165) is 47.2 Å². The minimum atomic E-state index is -0.380. The van der Waals surface area contributed by atoms with Crippen LogP contribution in [0.3, 0.4) is 0 Å². The van der Waals surface area contributed by atoms with E-state index in [1.165, 1.54) is 30.0 Å². The third-order valence-corrected chi connectivity index (χ3v) is 5.57. The highest BCUT2D eigenvalue weighted by Gasteiger charge is 2.16. The number of piperazine rings is 1. The predicted molar refractivity (Wildman–Crippen MR) is 123 cm³/mol. The van der Waals surface area contributed by atoms with Crippen LogP contribution < -0.4 is 10.6 Å². The molecule has 1 fully saturated rings. The average molecular weight is 417 g/mol. The molecule has 6 heteroatoms. The Morgan fingerprint density at radius 2 is 1.94 bits per heavy atom. The van der Waals surface area contributed by atoms with Crippen molar-refractivity contribution < 1.29 is 9.18 Å². The van der Waals surface area contributed by atoms with Gasteiger partial charge >= 0.3 is 0 Å². The van der Waals surface area contributed by atoms with E-state index in [1.54, 1.807) is 0 Å². The lowest BCUT2D eigenvalue weighted by Crippen LogP contribution is -2.40. The van der Waals surface area contributed by atoms with E-state index in [1.807, 2.05) is 19.1 Å². The molecule has 0 atom stereocenters. The monoisotopic (exact) mass is 416 g/mol. The summed E-state index contributed by atoms with van der Waals surface area (Å²) in [6.45, 7) is 8.66. The van der Waals surface area contributed by atoms with E-state index < -0.39 is 0 Å². The van der Waals surface area contributed by atoms with Crippen molar-refractivity contribution in [3.8, 4) is 0 Å². The van der Waals surface area contributed by atoms with Gasteiger partial charge in [-0.1, -0.05) is 24.8 Å². The van der Waals surface area contributed by atoms with Gasteiger partial charge in [0.15, 0.2) is 0 Å². The fraction of sp³-hybridized carbons (Fsp3) is 0.200. The molecule has 158 valence electrons. The molecule has 1 aliphatic rings. The number of carbonyl (C=O) groups excluding carboxylic acids is 1. The molecule has 1 aliphatic heterocycles. The van der Waals surface area contributed by atoms with Gasteiger partial charge in [-0.15, -0.1) is 0 Å². The van der Waals surface area contributed by atoms with Gasteiger partial charge < -0.3 is 15.5 Å². The van der Waals surface area contributed by atoms with Gasteiger partial charge in [0.05, 0.1) is 0 Å². The first-order valence-electron chi connectivity index (χ1n) is 10.2. The lowest BCUT2D eigenvalue weighted by Gasteiger charge is -2.30. The number of carbonyl (C=O) groups is 1. The molecule has 4 rings (SSSR count). The number of pyridine rings is 1. The molecule has 1 aromatic heterocycles. The second-order valence-corrected chi connectivity index (χ2v) is 7.65. The zero-order valence-corrected chi connectivity index (χ0v) is 17.7. The minimum absolute atomic E-state index is 0.328. The molecular formula is C25H25FN4O. The first-order valence-corrected chi connectivity index (χ1v) is 10.2. The number of aryl methyl sites for hydroxylation is 1. The Morgan fingerprint density at radius 3 is 2.65 bits per heavy atom. The average Bonchev–Trinajstić information content (AvgIpc) is 2.76. The van der Waals surface area contributed by atoms with Crippen LogP contribution in [0.5, 0.6) is 0 Å². The molecule has 0 saturated carbocycles. The maximum absolute atomic E-state index is 13.1. The number of hydrogen-bond acceptors (Lipinski definition) is 4. The van der Waals surface area contributed by atoms with Gasteiger partial charge in [-0.2, -0.15) is 0 Å². The Morgan fingerprint density at radius 1 is 1.19 bits per heavy atom. The molecule has 0 aliphatic carbocycles. The highest BCUT2D eigenvalue weighted by molar-refractivity contribution is 6.04. The number of aromatic nitrogens is 1. The van der Waals surface area contributed by atoms with Crippen molar-refractivity contribution in [3.05, 3.63) is 89.5 Å². The fourth-order valence-corrected chi connectivity index (χ4v) is 3.88. The third-order valence-electron chi connectivity index (χ3n) is 5.57. The van der Waals surface area contributed by atoms with Gasteiger partial charge in [0.1, 0.15) is 11.6 Å². The van der Waals surface area contributed by atoms with Crippen LogP contribution in [0, 0.1) is 12.7 Å². The van der Waals surface area contributed by atoms with Crippen molar-refractivity contribution in [2.45, 2.75) is 6.92 Å². The van der Waals surface area contributed by atoms with E-state index in [4.69, 9.17) is 0 Å². The summed E-state index contributed by atoms with van der Waals surface area (Å²) in [5.74, 6) is -0.248. The molecule has 5 nitrogen and oxygen atoms in total. The third kappa shape index (κ3) is 4.34. The van der Waals surface area contributed by atoms with Crippen LogP contribution in [0.2, 0.25) is 0 Å². The first-order chi connectivity index (χ1) is 15.0. The van der Waals surface area contributed by atoms with Crippen LogP contribution in [0.25, 0.3) is 16.3 Å². The first kappa shape index (κ1) is 20.8. The lowest BCUT2D eigenvalue weighted by molar-refractivity contribution is 0.102. The Kier molecular flexibility index (Phi) is 5.82. The molecule has 0 spiro atoms. The zero-order valence-electron chi connectivity index (χ0n) is 17.7. The Hall–Kier alpha value is -3.51. The van der Waals surface area contributed by atoms with Gasteiger partial charge in [-0.05, 0) is 54.3 Å². The quantitative estimate of drug-likeness (QED) is 0.663. The van der Waals surface area contributed by atoms with Gasteiger partial charge in [-0.3, -0.25) is 4.79 Å². The summed E-state index contributed by atoms with van der Waals surface area (Å²) in [6.07, 6.45) is 1.89. The van der Waals surface area contributed by atoms with Crippen LogP contribution in [-0.2, 0) is 0 Å². The molecule has 2 N–H and O–H groups in total. The summed E-state index contributed by atoms with van der Waals surface area (Å²) >= 11 is 0. The topological polar surface area (TPSA) is 57.3 Å². The van der Waals surface area contributed by atoms with E-state index in [2.05, 4.69) is 52.3 Å². The largest absolute Gasteiger partial charge is 0.375 e. The number of allylic oxidation sites excluding steroid dienone is 2. The molecule has 0 bridgehead atoms. The normalized spacial score (nSPS) is 15.6. The Bertz CT molecular complexity index is 1180. The summed E-state index contributed by atoms with van der Waals surface area (Å²) in [4.78, 5) is 19.3. The number of likely N-dealkylation sites (N-methyl/N-ethyl adjacent to an activating group) is 1. The standard InChI is InChI=1S/C25H25FN4O/c1-4-21(23-15-27-11-12-30(23)3)18-7-10-22-16(2)28-24(14-19(22)13-18)29-25(31)17-5-8-20(26)9-6-17/h4-10,13-14,27H,1,11-12,15H2,2-3H3,(H,28,29,31)/b23-21+. The molecule has 1 amide bonds. The number of fused-ring (bicyclic) bond motifs is 1. The molecule has 2 heterocycles. The fourth-order valence-electron chi connectivity index (χ4n) is 3.88. The van der Waals surface area contributed by atoms with Gasteiger partial charge in [-0.25, -0.2) is 9.37 Å². The lowest BCUT2D eigenvalue weighted by atomic mass is 9.98. The summed E-state index contributed by atoms with van der Waals surface area (Å²) in [5, 5.41) is 8.24. The maximum atomic E-state index is 13.1. The second-order valence-electron chi connectivity index (χ2n) is 7.65. The van der Waals surface area contributed by atoms with Gasteiger partial charge in [0.2, 0.25) is 0 Å². The SMILES string of the molecule is C=C/C(=C1/CNCCN1C)c1ccc2c(C)nc(NC(=O)c3ccc(F)cc3)cc2c1. The summed E-state index contributed by atoms with van der Waals surface area (Å²) in [7, 11) is 2.10. The molecule has 1 saturated heterocycles. The second kappa shape index (κ2) is 8.70. The number of amides is 1. The molecule has 0 unspecified atom stereocenters. The van der Waals surface area contributed by atoms with Crippen LogP contribution >= 0.6 is 0 Å². The van der Waals surface area contributed by atoms with Crippen LogP contribution in [0.1, 0.15) is 21.6 Å². The maximum Gasteiger partial charge on any atom is 0.256 e. The van der Waals surface area contributed by atoms with Crippen LogP contribution in [0.15, 0.2) is 66.9 Å². The van der Waals surface area contributed by atoms with Gasteiger partial charge in [0.25, 0.3) is 5.91 Å². The van der Waals surface area contributed by atoms with Crippen molar-refractivity contribution >= 4 is 28.1 Å². The molecule has 2 aromatic carbocycles. The highest BCUT2D eigenvalue weighted by atomic mass is 19.1. The van der Waals surface area contributed by atoms with Crippen molar-refractivity contribution in [2.24, 2.45) is 0 Å². The van der Waals surface area contributed by atoms with Crippen molar-refractivity contribution in [3.63, 3.8) is 0 Å². The van der Waals surface area contributed by atoms with E-state index >= 15 is 0 Å². The summed E-state index contributed by atoms with van der Waals surface area (Å²) < 4.78 is 13.1. The van der Waals surface area contributed by atoms with Crippen LogP contribution in [0.4, 0.5) is 10.2 Å². The molecule has 31 heavy (non-hydrogen) atoms. The Labute approximate surface area is 181 Å². The van der Waals surface area contributed by atoms with Crippen molar-refractivity contribution in [1.82, 2.24) is 15.2 Å². The van der Waals surface area contributed by atoms with Crippen LogP contribution in [-0.4, -0.2) is 42.5 Å². The zero-order chi connectivity index (χ0) is 22.0. The molecule has 0 radical (unpaired) electrons. The number of hydrogen-bond donors (Lipinski definition) is 2. The number of nitrogens with zero attached hydrogens (tertiary/aromatic N) is 2. The number of nitrogens with one attached hydrogen (secondary N) is 2. The van der Waals surface area contributed by atoms with Gasteiger partial charge in [0, 0.05) is 54.6 Å². The number of anilines is 1. The van der Waals surface area contributed by atoms with Crippen molar-refractivity contribution in [1.29, 1.82) is 0 Å². The number of benzene rings is 2. The molecular weight excluding hydrogens is 391 g/mol. The van der Waals surface area contributed by atoms with E-state index in [9.17, 15) is 9.18 Å². The number of halogens is 1. The minimum Gasteiger partial charge on any atom is -0.375 e.